The number of nitrogens with one attached hydrogen (secondary N) is 1. The van der Waals surface area contributed by atoms with Gasteiger partial charge in [0, 0.05) is 35.6 Å². The molecule has 4 N–H and O–H groups in total. The van der Waals surface area contributed by atoms with Gasteiger partial charge in [0.1, 0.15) is 0 Å². The van der Waals surface area contributed by atoms with Crippen LogP contribution in [-0.4, -0.2) is 55.6 Å². The van der Waals surface area contributed by atoms with E-state index in [2.05, 4.69) is 5.32 Å². The maximum absolute atomic E-state index is 15.6. The second-order valence-corrected chi connectivity index (χ2v) is 15.5. The molecule has 4 atom stereocenters. The van der Waals surface area contributed by atoms with E-state index in [1.807, 2.05) is 61.5 Å². The van der Waals surface area contributed by atoms with E-state index in [0.29, 0.717) is 29.9 Å². The SMILES string of the molecule is C[C@@H]1[C@@H]([Si](C)(C)F)[C@H](CC(=O)N(CCO)Cc2ccccc2)O[C@@H]1CCc1ccc(NC(=O)c2ccc(N)cc2)cc1. The Morgan fingerprint density at radius 1 is 0.976 bits per heavy atom. The Balaban J connectivity index is 1.36. The van der Waals surface area contributed by atoms with Gasteiger partial charge in [0.25, 0.3) is 5.91 Å². The number of nitrogens with two attached hydrogens (primary N) is 1. The average Bonchev–Trinajstić information content (AvgIpc) is 3.28. The van der Waals surface area contributed by atoms with Crippen molar-refractivity contribution >= 4 is 31.6 Å². The van der Waals surface area contributed by atoms with Gasteiger partial charge in [-0.15, -0.1) is 0 Å². The smallest absolute Gasteiger partial charge is 0.255 e. The molecule has 7 nitrogen and oxygen atoms in total. The number of aryl methyl sites for hydroxylation is 1. The van der Waals surface area contributed by atoms with Crippen molar-refractivity contribution in [3.63, 3.8) is 0 Å². The Hall–Kier alpha value is -3.53. The summed E-state index contributed by atoms with van der Waals surface area (Å²) >= 11 is 0. The Morgan fingerprint density at radius 3 is 2.26 bits per heavy atom. The van der Waals surface area contributed by atoms with E-state index >= 15 is 4.11 Å². The van der Waals surface area contributed by atoms with E-state index in [-0.39, 0.29) is 48.9 Å². The molecule has 3 aromatic carbocycles. The highest BCUT2D eigenvalue weighted by atomic mass is 28.4. The lowest BCUT2D eigenvalue weighted by Gasteiger charge is -2.30. The summed E-state index contributed by atoms with van der Waals surface area (Å²) in [5.41, 5.74) is 9.29. The highest BCUT2D eigenvalue weighted by molar-refractivity contribution is 6.72. The second-order valence-electron chi connectivity index (χ2n) is 11.7. The van der Waals surface area contributed by atoms with Crippen LogP contribution in [-0.2, 0) is 22.5 Å². The third-order valence-electron chi connectivity index (χ3n) is 8.11. The summed E-state index contributed by atoms with van der Waals surface area (Å²) in [5.74, 6) is -0.360. The van der Waals surface area contributed by atoms with Gasteiger partial charge >= 0.3 is 0 Å². The number of amides is 2. The number of aliphatic hydroxyl groups excluding tert-OH is 1. The molecule has 1 aliphatic rings. The molecule has 224 valence electrons. The van der Waals surface area contributed by atoms with Crippen molar-refractivity contribution in [3.05, 3.63) is 95.6 Å². The number of nitrogens with zero attached hydrogens (tertiary/aromatic N) is 1. The number of hydrogen-bond donors (Lipinski definition) is 3. The highest BCUT2D eigenvalue weighted by Gasteiger charge is 2.51. The molecule has 0 unspecified atom stereocenters. The lowest BCUT2D eigenvalue weighted by molar-refractivity contribution is -0.135. The summed E-state index contributed by atoms with van der Waals surface area (Å²) in [6, 6.07) is 24.1. The molecule has 0 aliphatic carbocycles. The summed E-state index contributed by atoms with van der Waals surface area (Å²) in [7, 11) is -3.14. The molecule has 4 rings (SSSR count). The number of halogens is 1. The number of carbonyl (C=O) groups excluding carboxylic acids is 2. The molecule has 1 saturated heterocycles. The van der Waals surface area contributed by atoms with Gasteiger partial charge in [0.05, 0.1) is 25.2 Å². The van der Waals surface area contributed by atoms with Gasteiger partial charge in [-0.05, 0) is 79.4 Å². The van der Waals surface area contributed by atoms with Crippen LogP contribution in [0.25, 0.3) is 0 Å². The molecule has 0 aromatic heterocycles. The van der Waals surface area contributed by atoms with E-state index in [4.69, 9.17) is 10.5 Å². The Bertz CT molecular complexity index is 1320. The first-order chi connectivity index (χ1) is 20.0. The van der Waals surface area contributed by atoms with Gasteiger partial charge in [0.2, 0.25) is 14.3 Å². The van der Waals surface area contributed by atoms with E-state index < -0.39 is 14.5 Å². The molecule has 0 spiro atoms. The molecule has 0 bridgehead atoms. The maximum Gasteiger partial charge on any atom is 0.255 e. The summed E-state index contributed by atoms with van der Waals surface area (Å²) in [6.07, 6.45) is 0.871. The molecular weight excluding hydrogens is 549 g/mol. The molecule has 42 heavy (non-hydrogen) atoms. The normalized spacial score (nSPS) is 20.3. The number of nitrogen functional groups attached to an aromatic ring is 1. The monoisotopic (exact) mass is 591 g/mol. The fraction of sp³-hybridized carbons (Fsp3) is 0.394. The van der Waals surface area contributed by atoms with Crippen molar-refractivity contribution in [1.29, 1.82) is 0 Å². The highest BCUT2D eigenvalue weighted by Crippen LogP contribution is 2.47. The number of anilines is 2. The molecule has 0 radical (unpaired) electrons. The minimum Gasteiger partial charge on any atom is -0.399 e. The van der Waals surface area contributed by atoms with Crippen molar-refractivity contribution in [2.75, 3.05) is 24.2 Å². The van der Waals surface area contributed by atoms with Crippen LogP contribution in [0.5, 0.6) is 0 Å². The summed E-state index contributed by atoms with van der Waals surface area (Å²) < 4.78 is 22.1. The van der Waals surface area contributed by atoms with Crippen molar-refractivity contribution < 1.29 is 23.5 Å². The fourth-order valence-corrected chi connectivity index (χ4v) is 8.54. The van der Waals surface area contributed by atoms with Crippen molar-refractivity contribution in [1.82, 2.24) is 4.90 Å². The molecule has 0 saturated carbocycles. The van der Waals surface area contributed by atoms with Crippen molar-refractivity contribution in [2.24, 2.45) is 5.92 Å². The number of rotatable bonds is 12. The third kappa shape index (κ3) is 8.27. The predicted molar refractivity (Wildman–Crippen MR) is 167 cm³/mol. The Labute approximate surface area is 249 Å². The lowest BCUT2D eigenvalue weighted by Crippen LogP contribution is -2.40. The topological polar surface area (TPSA) is 105 Å². The Kier molecular flexibility index (Phi) is 10.5. The second kappa shape index (κ2) is 14.1. The van der Waals surface area contributed by atoms with Crippen LogP contribution >= 0.6 is 0 Å². The molecular formula is C33H42FN3O4Si. The zero-order chi connectivity index (χ0) is 30.3. The number of hydrogen-bond acceptors (Lipinski definition) is 5. The van der Waals surface area contributed by atoms with E-state index in [1.165, 1.54) is 0 Å². The van der Waals surface area contributed by atoms with Crippen LogP contribution in [0, 0.1) is 5.92 Å². The van der Waals surface area contributed by atoms with Crippen LogP contribution in [0.3, 0.4) is 0 Å². The van der Waals surface area contributed by atoms with Crippen LogP contribution in [0.4, 0.5) is 15.5 Å². The molecule has 2 amide bonds. The summed E-state index contributed by atoms with van der Waals surface area (Å²) in [5, 5.41) is 12.5. The van der Waals surface area contributed by atoms with Crippen molar-refractivity contribution in [2.45, 2.75) is 63.6 Å². The quantitative estimate of drug-likeness (QED) is 0.140. The number of benzene rings is 3. The summed E-state index contributed by atoms with van der Waals surface area (Å²) in [6.45, 7) is 5.91. The van der Waals surface area contributed by atoms with E-state index in [9.17, 15) is 14.7 Å². The predicted octanol–water partition coefficient (Wildman–Crippen LogP) is 5.81. The van der Waals surface area contributed by atoms with Gasteiger partial charge in [0.15, 0.2) is 0 Å². The first-order valence-corrected chi connectivity index (χ1v) is 17.5. The van der Waals surface area contributed by atoms with Gasteiger partial charge in [-0.3, -0.25) is 9.59 Å². The third-order valence-corrected chi connectivity index (χ3v) is 10.6. The number of ether oxygens (including phenoxy) is 1. The summed E-state index contributed by atoms with van der Waals surface area (Å²) in [4.78, 5) is 27.5. The number of carbonyl (C=O) groups is 2. The maximum atomic E-state index is 15.6. The number of aliphatic hydroxyl groups is 1. The fourth-order valence-electron chi connectivity index (χ4n) is 6.00. The van der Waals surface area contributed by atoms with Crippen LogP contribution in [0.1, 0.15) is 41.3 Å². The van der Waals surface area contributed by atoms with Crippen LogP contribution < -0.4 is 11.1 Å². The minimum atomic E-state index is -3.14. The van der Waals surface area contributed by atoms with Crippen molar-refractivity contribution in [3.8, 4) is 0 Å². The lowest BCUT2D eigenvalue weighted by atomic mass is 9.95. The minimum absolute atomic E-state index is 0.0200. The van der Waals surface area contributed by atoms with Crippen LogP contribution in [0.2, 0.25) is 18.6 Å². The molecule has 3 aromatic rings. The standard InChI is InChI=1S/C33H42FN3O4Si/c1-23-29(18-11-24-9-16-28(17-10-24)36-33(40)26-12-14-27(35)15-13-26)41-30(32(23)42(2,3)34)21-31(39)37(19-20-38)22-25-7-5-4-6-8-25/h4-10,12-17,23,29-30,32,38H,11,18-22,35H2,1-3H3,(H,36,40)/t23-,29+,30-,32+/m0/s1. The average molecular weight is 592 g/mol. The first kappa shape index (κ1) is 31.4. The van der Waals surface area contributed by atoms with Gasteiger partial charge in [-0.25, -0.2) is 0 Å². The molecule has 1 aliphatic heterocycles. The first-order valence-electron chi connectivity index (χ1n) is 14.6. The largest absolute Gasteiger partial charge is 0.399 e. The van der Waals surface area contributed by atoms with Gasteiger partial charge in [-0.2, -0.15) is 0 Å². The van der Waals surface area contributed by atoms with E-state index in [1.54, 1.807) is 42.3 Å². The van der Waals surface area contributed by atoms with Gasteiger partial charge in [-0.1, -0.05) is 49.4 Å². The van der Waals surface area contributed by atoms with Gasteiger partial charge < -0.3 is 29.9 Å². The van der Waals surface area contributed by atoms with Crippen LogP contribution in [0.15, 0.2) is 78.9 Å². The molecule has 1 fully saturated rings. The zero-order valence-electron chi connectivity index (χ0n) is 24.6. The Morgan fingerprint density at radius 2 is 1.64 bits per heavy atom. The van der Waals surface area contributed by atoms with E-state index in [0.717, 1.165) is 17.5 Å². The molecule has 1 heterocycles. The molecule has 9 heteroatoms. The zero-order valence-corrected chi connectivity index (χ0v) is 25.6.